The fourth-order valence-electron chi connectivity index (χ4n) is 1.86. The molecule has 1 saturated carbocycles. The van der Waals surface area contributed by atoms with Crippen molar-refractivity contribution < 1.29 is 4.39 Å². The molecule has 2 nitrogen and oxygen atoms in total. The van der Waals surface area contributed by atoms with Crippen LogP contribution in [0.5, 0.6) is 0 Å². The quantitative estimate of drug-likeness (QED) is 0.912. The monoisotopic (exact) mass is 262 g/mol. The Balaban J connectivity index is 1.80. The molecule has 2 aromatic rings. The zero-order valence-electron chi connectivity index (χ0n) is 10.2. The summed E-state index contributed by atoms with van der Waals surface area (Å²) in [5, 5.41) is 6.19. The molecule has 0 radical (unpaired) electrons. The van der Waals surface area contributed by atoms with Crippen molar-refractivity contribution in [2.45, 2.75) is 32.4 Å². The van der Waals surface area contributed by atoms with Gasteiger partial charge in [-0.1, -0.05) is 12.1 Å². The molecular formula is C14H15FN2S. The lowest BCUT2D eigenvalue weighted by Gasteiger charge is -2.02. The van der Waals surface area contributed by atoms with Gasteiger partial charge in [-0.25, -0.2) is 9.37 Å². The Morgan fingerprint density at radius 2 is 2.28 bits per heavy atom. The number of rotatable bonds is 4. The van der Waals surface area contributed by atoms with E-state index < -0.39 is 0 Å². The Hall–Kier alpha value is -1.26. The van der Waals surface area contributed by atoms with Crippen LogP contribution in [-0.2, 0) is 6.54 Å². The van der Waals surface area contributed by atoms with Crippen LogP contribution < -0.4 is 5.32 Å². The van der Waals surface area contributed by atoms with Gasteiger partial charge in [-0.05, 0) is 31.4 Å². The zero-order valence-corrected chi connectivity index (χ0v) is 11.1. The van der Waals surface area contributed by atoms with Crippen molar-refractivity contribution in [3.63, 3.8) is 0 Å². The summed E-state index contributed by atoms with van der Waals surface area (Å²) in [6.07, 6.45) is 2.53. The molecule has 1 aliphatic carbocycles. The number of aryl methyl sites for hydroxylation is 1. The Labute approximate surface area is 110 Å². The molecule has 1 heterocycles. The van der Waals surface area contributed by atoms with Crippen molar-refractivity contribution >= 4 is 11.3 Å². The maximum absolute atomic E-state index is 14.0. The normalized spacial score (nSPS) is 15.0. The average Bonchev–Trinajstić information content (AvgIpc) is 3.08. The molecule has 0 unspecified atom stereocenters. The maximum Gasteiger partial charge on any atom is 0.136 e. The Morgan fingerprint density at radius 3 is 3.06 bits per heavy atom. The van der Waals surface area contributed by atoms with Gasteiger partial charge < -0.3 is 5.32 Å². The lowest BCUT2D eigenvalue weighted by molar-refractivity contribution is 0.621. The molecule has 0 bridgehead atoms. The van der Waals surface area contributed by atoms with Gasteiger partial charge in [-0.3, -0.25) is 0 Å². The van der Waals surface area contributed by atoms with Gasteiger partial charge in [0.2, 0.25) is 0 Å². The van der Waals surface area contributed by atoms with Crippen LogP contribution in [0.4, 0.5) is 4.39 Å². The molecule has 0 aliphatic heterocycles. The van der Waals surface area contributed by atoms with Gasteiger partial charge in [-0.2, -0.15) is 0 Å². The van der Waals surface area contributed by atoms with Crippen LogP contribution in [0.3, 0.4) is 0 Å². The SMILES string of the molecule is Cc1cccc(-c2nc(CNC3CC3)cs2)c1F. The molecular weight excluding hydrogens is 247 g/mol. The number of thiazole rings is 1. The third-order valence-corrected chi connectivity index (χ3v) is 4.05. The molecule has 1 N–H and O–H groups in total. The van der Waals surface area contributed by atoms with E-state index in [-0.39, 0.29) is 5.82 Å². The molecule has 1 fully saturated rings. The number of aromatic nitrogens is 1. The van der Waals surface area contributed by atoms with E-state index in [4.69, 9.17) is 0 Å². The van der Waals surface area contributed by atoms with Gasteiger partial charge in [-0.15, -0.1) is 11.3 Å². The number of benzene rings is 1. The van der Waals surface area contributed by atoms with E-state index in [1.165, 1.54) is 24.2 Å². The summed E-state index contributed by atoms with van der Waals surface area (Å²) in [6.45, 7) is 2.57. The molecule has 0 atom stereocenters. The molecule has 94 valence electrons. The van der Waals surface area contributed by atoms with E-state index in [1.54, 1.807) is 19.1 Å². The second-order valence-corrected chi connectivity index (χ2v) is 5.59. The van der Waals surface area contributed by atoms with Crippen LogP contribution in [0, 0.1) is 12.7 Å². The number of nitrogens with zero attached hydrogens (tertiary/aromatic N) is 1. The summed E-state index contributed by atoms with van der Waals surface area (Å²) < 4.78 is 14.0. The van der Waals surface area contributed by atoms with Gasteiger partial charge >= 0.3 is 0 Å². The molecule has 3 rings (SSSR count). The van der Waals surface area contributed by atoms with Crippen molar-refractivity contribution in [3.05, 3.63) is 40.7 Å². The van der Waals surface area contributed by atoms with Crippen LogP contribution in [0.25, 0.3) is 10.6 Å². The third kappa shape index (κ3) is 2.44. The first-order valence-electron chi connectivity index (χ1n) is 6.17. The zero-order chi connectivity index (χ0) is 12.5. The lowest BCUT2D eigenvalue weighted by Crippen LogP contribution is -2.15. The standard InChI is InChI=1S/C14H15FN2S/c1-9-3-2-4-12(13(9)15)14-17-11(8-18-14)7-16-10-5-6-10/h2-4,8,10,16H,5-7H2,1H3. The van der Waals surface area contributed by atoms with Gasteiger partial charge in [0.1, 0.15) is 10.8 Å². The number of halogens is 1. The molecule has 1 aromatic heterocycles. The van der Waals surface area contributed by atoms with Crippen molar-refractivity contribution in [1.82, 2.24) is 10.3 Å². The lowest BCUT2D eigenvalue weighted by atomic mass is 10.1. The van der Waals surface area contributed by atoms with Crippen molar-refractivity contribution in [3.8, 4) is 10.6 Å². The second kappa shape index (κ2) is 4.78. The second-order valence-electron chi connectivity index (χ2n) is 4.74. The molecule has 4 heteroatoms. The summed E-state index contributed by atoms with van der Waals surface area (Å²) >= 11 is 1.51. The van der Waals surface area contributed by atoms with E-state index >= 15 is 0 Å². The highest BCUT2D eigenvalue weighted by molar-refractivity contribution is 7.13. The fraction of sp³-hybridized carbons (Fsp3) is 0.357. The first kappa shape index (κ1) is 11.8. The van der Waals surface area contributed by atoms with Crippen LogP contribution in [0.15, 0.2) is 23.6 Å². The smallest absolute Gasteiger partial charge is 0.136 e. The minimum atomic E-state index is -0.159. The van der Waals surface area contributed by atoms with E-state index in [2.05, 4.69) is 10.3 Å². The van der Waals surface area contributed by atoms with E-state index in [0.29, 0.717) is 17.2 Å². The van der Waals surface area contributed by atoms with E-state index in [9.17, 15) is 4.39 Å². The summed E-state index contributed by atoms with van der Waals surface area (Å²) in [4.78, 5) is 4.50. The summed E-state index contributed by atoms with van der Waals surface area (Å²) in [5.41, 5.74) is 2.28. The minimum Gasteiger partial charge on any atom is -0.308 e. The number of hydrogen-bond acceptors (Lipinski definition) is 3. The summed E-state index contributed by atoms with van der Waals surface area (Å²) in [6, 6.07) is 6.12. The van der Waals surface area contributed by atoms with Crippen molar-refractivity contribution in [2.75, 3.05) is 0 Å². The summed E-state index contributed by atoms with van der Waals surface area (Å²) in [7, 11) is 0. The molecule has 0 spiro atoms. The highest BCUT2D eigenvalue weighted by Crippen LogP contribution is 2.28. The average molecular weight is 262 g/mol. The van der Waals surface area contributed by atoms with Crippen molar-refractivity contribution in [2.24, 2.45) is 0 Å². The largest absolute Gasteiger partial charge is 0.308 e. The van der Waals surface area contributed by atoms with Crippen LogP contribution in [-0.4, -0.2) is 11.0 Å². The number of nitrogens with one attached hydrogen (secondary N) is 1. The van der Waals surface area contributed by atoms with Crippen LogP contribution in [0.2, 0.25) is 0 Å². The Morgan fingerprint density at radius 1 is 1.44 bits per heavy atom. The van der Waals surface area contributed by atoms with Gasteiger partial charge in [0.15, 0.2) is 0 Å². The first-order chi connectivity index (χ1) is 8.74. The third-order valence-electron chi connectivity index (χ3n) is 3.12. The summed E-state index contributed by atoms with van der Waals surface area (Å²) in [5.74, 6) is -0.159. The van der Waals surface area contributed by atoms with Crippen LogP contribution >= 0.6 is 11.3 Å². The van der Waals surface area contributed by atoms with Crippen LogP contribution in [0.1, 0.15) is 24.1 Å². The fourth-order valence-corrected chi connectivity index (χ4v) is 2.70. The highest BCUT2D eigenvalue weighted by Gasteiger charge is 2.20. The molecule has 18 heavy (non-hydrogen) atoms. The first-order valence-corrected chi connectivity index (χ1v) is 7.05. The molecule has 1 aliphatic rings. The van der Waals surface area contributed by atoms with E-state index in [0.717, 1.165) is 17.2 Å². The Bertz CT molecular complexity index is 561. The topological polar surface area (TPSA) is 24.9 Å². The van der Waals surface area contributed by atoms with Gasteiger partial charge in [0.05, 0.1) is 5.69 Å². The molecule has 0 saturated heterocycles. The van der Waals surface area contributed by atoms with Crippen molar-refractivity contribution in [1.29, 1.82) is 0 Å². The molecule has 0 amide bonds. The predicted molar refractivity (Wildman–Crippen MR) is 72.1 cm³/mol. The maximum atomic E-state index is 14.0. The van der Waals surface area contributed by atoms with Gasteiger partial charge in [0, 0.05) is 23.5 Å². The van der Waals surface area contributed by atoms with E-state index in [1.807, 2.05) is 11.4 Å². The van der Waals surface area contributed by atoms with Gasteiger partial charge in [0.25, 0.3) is 0 Å². The molecule has 1 aromatic carbocycles. The Kier molecular flexibility index (Phi) is 3.14. The number of hydrogen-bond donors (Lipinski definition) is 1. The minimum absolute atomic E-state index is 0.159. The predicted octanol–water partition coefficient (Wildman–Crippen LogP) is 3.51. The highest BCUT2D eigenvalue weighted by atomic mass is 32.1.